The zero-order chi connectivity index (χ0) is 38.4. The van der Waals surface area contributed by atoms with Crippen LogP contribution in [0.2, 0.25) is 0 Å². The maximum absolute atomic E-state index is 12.5. The van der Waals surface area contributed by atoms with Crippen LogP contribution in [0.1, 0.15) is 162 Å². The number of rotatable bonds is 38. The van der Waals surface area contributed by atoms with Gasteiger partial charge in [-0.3, -0.25) is 18.6 Å². The summed E-state index contributed by atoms with van der Waals surface area (Å²) in [4.78, 5) is 33.4. The van der Waals surface area contributed by atoms with E-state index in [1.165, 1.54) is 64.2 Å². The minimum atomic E-state index is -4.61. The summed E-state index contributed by atoms with van der Waals surface area (Å²) in [6.45, 7) is 3.71. The molecule has 0 saturated carbocycles. The van der Waals surface area contributed by atoms with Crippen molar-refractivity contribution < 1.29 is 42.7 Å². The molecule has 11 heteroatoms. The highest BCUT2D eigenvalue weighted by molar-refractivity contribution is 7.47. The zero-order valence-electron chi connectivity index (χ0n) is 32.6. The van der Waals surface area contributed by atoms with Crippen molar-refractivity contribution in [1.82, 2.24) is 0 Å². The van der Waals surface area contributed by atoms with E-state index in [4.69, 9.17) is 29.4 Å². The van der Waals surface area contributed by atoms with Crippen LogP contribution < -0.4 is 5.73 Å². The van der Waals surface area contributed by atoms with E-state index in [0.717, 1.165) is 70.6 Å². The topological polar surface area (TPSA) is 155 Å². The first-order chi connectivity index (χ1) is 25.2. The van der Waals surface area contributed by atoms with Crippen LogP contribution in [-0.4, -0.2) is 60.5 Å². The smallest absolute Gasteiger partial charge is 0.472 e. The van der Waals surface area contributed by atoms with Gasteiger partial charge in [0.1, 0.15) is 12.1 Å². The Morgan fingerprint density at radius 3 is 1.67 bits per heavy atom. The first kappa shape index (κ1) is 49.9. The number of carboxylic acid groups (broad SMARTS) is 1. The molecule has 0 aromatic heterocycles. The van der Waals surface area contributed by atoms with Crippen molar-refractivity contribution in [3.8, 4) is 0 Å². The van der Waals surface area contributed by atoms with Gasteiger partial charge in [-0.05, 0) is 51.4 Å². The summed E-state index contributed by atoms with van der Waals surface area (Å²) in [6, 6.07) is -1.47. The molecule has 0 saturated heterocycles. The molecule has 0 aliphatic carbocycles. The molecule has 0 aromatic rings. The Balaban J connectivity index is 4.23. The molecule has 3 unspecified atom stereocenters. The number of aliphatic carboxylic acids is 1. The molecule has 52 heavy (non-hydrogen) atoms. The van der Waals surface area contributed by atoms with Gasteiger partial charge in [0, 0.05) is 13.0 Å². The van der Waals surface area contributed by atoms with Crippen LogP contribution in [0, 0.1) is 0 Å². The molecule has 302 valence electrons. The van der Waals surface area contributed by atoms with E-state index in [1.54, 1.807) is 0 Å². The molecule has 0 fully saturated rings. The van der Waals surface area contributed by atoms with E-state index in [9.17, 15) is 19.0 Å². The third-order valence-corrected chi connectivity index (χ3v) is 9.32. The number of hydrogen-bond acceptors (Lipinski definition) is 8. The van der Waals surface area contributed by atoms with Crippen molar-refractivity contribution in [2.75, 3.05) is 26.4 Å². The number of phosphoric acid groups is 1. The minimum Gasteiger partial charge on any atom is -0.480 e. The van der Waals surface area contributed by atoms with Crippen molar-refractivity contribution in [2.45, 2.75) is 174 Å². The zero-order valence-corrected chi connectivity index (χ0v) is 33.5. The number of hydrogen-bond donors (Lipinski definition) is 3. The predicted molar refractivity (Wildman–Crippen MR) is 212 cm³/mol. The molecule has 0 heterocycles. The average molecular weight is 756 g/mol. The molecule has 0 aliphatic heterocycles. The van der Waals surface area contributed by atoms with Crippen molar-refractivity contribution in [2.24, 2.45) is 5.73 Å². The van der Waals surface area contributed by atoms with Gasteiger partial charge in [-0.25, -0.2) is 4.57 Å². The lowest BCUT2D eigenvalue weighted by atomic mass is 10.1. The Bertz CT molecular complexity index is 1010. The van der Waals surface area contributed by atoms with Gasteiger partial charge in [0.15, 0.2) is 0 Å². The van der Waals surface area contributed by atoms with E-state index >= 15 is 0 Å². The molecule has 0 aromatic carbocycles. The third kappa shape index (κ3) is 36.3. The van der Waals surface area contributed by atoms with E-state index < -0.39 is 45.1 Å². The Morgan fingerprint density at radius 2 is 1.12 bits per heavy atom. The molecular weight excluding hydrogens is 681 g/mol. The molecule has 0 spiro atoms. The van der Waals surface area contributed by atoms with Gasteiger partial charge < -0.3 is 25.2 Å². The molecule has 3 atom stereocenters. The number of ether oxygens (including phenoxy) is 2. The minimum absolute atomic E-state index is 0.00963. The second-order valence-corrected chi connectivity index (χ2v) is 14.8. The predicted octanol–water partition coefficient (Wildman–Crippen LogP) is 10.7. The van der Waals surface area contributed by atoms with E-state index in [0.29, 0.717) is 13.0 Å². The van der Waals surface area contributed by atoms with Crippen molar-refractivity contribution in [3.05, 3.63) is 48.6 Å². The van der Waals surface area contributed by atoms with Crippen LogP contribution >= 0.6 is 7.82 Å². The maximum Gasteiger partial charge on any atom is 0.472 e. The van der Waals surface area contributed by atoms with Crippen LogP contribution in [0.4, 0.5) is 0 Å². The highest BCUT2D eigenvalue weighted by atomic mass is 31.2. The number of carbonyl (C=O) groups excluding carboxylic acids is 1. The number of nitrogens with two attached hydrogens (primary N) is 1. The Morgan fingerprint density at radius 1 is 0.635 bits per heavy atom. The average Bonchev–Trinajstić information content (AvgIpc) is 3.12. The molecular formula is C41H74NO9P. The lowest BCUT2D eigenvalue weighted by Crippen LogP contribution is -2.34. The van der Waals surface area contributed by atoms with Crippen LogP contribution in [0.5, 0.6) is 0 Å². The maximum atomic E-state index is 12.5. The van der Waals surface area contributed by atoms with E-state index in [-0.39, 0.29) is 13.0 Å². The lowest BCUT2D eigenvalue weighted by Gasteiger charge is -2.20. The number of carboxylic acids is 1. The van der Waals surface area contributed by atoms with Gasteiger partial charge in [0.25, 0.3) is 0 Å². The van der Waals surface area contributed by atoms with Gasteiger partial charge >= 0.3 is 19.8 Å². The van der Waals surface area contributed by atoms with Crippen LogP contribution in [0.15, 0.2) is 48.6 Å². The molecule has 0 radical (unpaired) electrons. The van der Waals surface area contributed by atoms with Gasteiger partial charge in [-0.1, -0.05) is 152 Å². The third-order valence-electron chi connectivity index (χ3n) is 8.37. The first-order valence-electron chi connectivity index (χ1n) is 20.2. The van der Waals surface area contributed by atoms with Crippen molar-refractivity contribution in [3.63, 3.8) is 0 Å². The highest BCUT2D eigenvalue weighted by Crippen LogP contribution is 2.43. The van der Waals surface area contributed by atoms with Crippen LogP contribution in [0.25, 0.3) is 0 Å². The standard InChI is InChI=1S/C41H74NO9P/c1-3-5-7-9-11-13-15-16-17-18-19-20-21-22-23-24-26-28-30-32-34-48-35-38(36-49-52(46,47)50-37-39(42)41(44)45)51-40(43)33-31-29-27-25-14-12-10-8-6-4-2/h5,7,11,13,16-17,19-20,38-39H,3-4,6,8-10,12,14-15,18,21-37,42H2,1-2H3,(H,44,45)(H,46,47)/b7-5-,13-11-,17-16-,20-19-. The number of esters is 1. The number of carbonyl (C=O) groups is 2. The van der Waals surface area contributed by atoms with Gasteiger partial charge in [0.2, 0.25) is 0 Å². The Hall–Kier alpha value is -2.07. The van der Waals surface area contributed by atoms with Crippen LogP contribution in [0.3, 0.4) is 0 Å². The summed E-state index contributed by atoms with van der Waals surface area (Å²) in [7, 11) is -4.61. The normalized spacial score (nSPS) is 14.5. The number of unbranched alkanes of at least 4 members (excludes halogenated alkanes) is 16. The fraction of sp³-hybridized carbons (Fsp3) is 0.756. The fourth-order valence-corrected chi connectivity index (χ4v) is 6.02. The fourth-order valence-electron chi connectivity index (χ4n) is 5.24. The first-order valence-corrected chi connectivity index (χ1v) is 21.7. The van der Waals surface area contributed by atoms with E-state index in [1.807, 2.05) is 0 Å². The Labute approximate surface area is 316 Å². The summed E-state index contributed by atoms with van der Waals surface area (Å²) in [5, 5.41) is 8.87. The van der Waals surface area contributed by atoms with Gasteiger partial charge in [0.05, 0.1) is 19.8 Å². The second-order valence-electron chi connectivity index (χ2n) is 13.4. The summed E-state index contributed by atoms with van der Waals surface area (Å²) >= 11 is 0. The van der Waals surface area contributed by atoms with Crippen molar-refractivity contribution in [1.29, 1.82) is 0 Å². The molecule has 10 nitrogen and oxygen atoms in total. The molecule has 0 bridgehead atoms. The van der Waals surface area contributed by atoms with Gasteiger partial charge in [-0.15, -0.1) is 0 Å². The largest absolute Gasteiger partial charge is 0.480 e. The SMILES string of the molecule is CC/C=C\C/C=C\C/C=C\C/C=C\CCCCCCCCCOCC(COP(=O)(O)OCC(N)C(=O)O)OC(=O)CCCCCCCCCCCC. The summed E-state index contributed by atoms with van der Waals surface area (Å²) in [5.74, 6) is -1.79. The number of phosphoric ester groups is 1. The van der Waals surface area contributed by atoms with Gasteiger partial charge in [-0.2, -0.15) is 0 Å². The Kier molecular flexibility index (Phi) is 35.8. The van der Waals surface area contributed by atoms with E-state index in [2.05, 4.69) is 62.5 Å². The molecule has 0 aliphatic rings. The molecule has 0 amide bonds. The van der Waals surface area contributed by atoms with Crippen LogP contribution in [-0.2, 0) is 32.7 Å². The quantitative estimate of drug-likeness (QED) is 0.0240. The summed E-state index contributed by atoms with van der Waals surface area (Å²) in [6.07, 6.45) is 41.7. The monoisotopic (exact) mass is 756 g/mol. The highest BCUT2D eigenvalue weighted by Gasteiger charge is 2.27. The molecule has 4 N–H and O–H groups in total. The summed E-state index contributed by atoms with van der Waals surface area (Å²) < 4.78 is 33.2. The summed E-state index contributed by atoms with van der Waals surface area (Å²) in [5.41, 5.74) is 5.34. The second kappa shape index (κ2) is 37.3. The number of allylic oxidation sites excluding steroid dienone is 8. The lowest BCUT2D eigenvalue weighted by molar-refractivity contribution is -0.154. The molecule has 0 rings (SSSR count). The van der Waals surface area contributed by atoms with Crippen molar-refractivity contribution >= 4 is 19.8 Å².